The van der Waals surface area contributed by atoms with Crippen LogP contribution in [0, 0.1) is 0 Å². The molecule has 0 saturated carbocycles. The highest BCUT2D eigenvalue weighted by Crippen LogP contribution is 2.20. The van der Waals surface area contributed by atoms with Gasteiger partial charge in [-0.15, -0.1) is 0 Å². The molecular weight excluding hydrogens is 266 g/mol. The van der Waals surface area contributed by atoms with E-state index < -0.39 is 0 Å². The Hall–Kier alpha value is -1.69. The van der Waals surface area contributed by atoms with Crippen molar-refractivity contribution in [2.24, 2.45) is 5.73 Å². The number of carbonyl (C=O) groups excluding carboxylic acids is 1. The third-order valence-electron chi connectivity index (χ3n) is 4.41. The zero-order valence-corrected chi connectivity index (χ0v) is 12.4. The van der Waals surface area contributed by atoms with Gasteiger partial charge in [0, 0.05) is 37.6 Å². The van der Waals surface area contributed by atoms with Crippen molar-refractivity contribution in [3.8, 4) is 0 Å². The molecule has 3 heterocycles. The van der Waals surface area contributed by atoms with E-state index in [0.29, 0.717) is 6.54 Å². The normalized spacial score (nSPS) is 23.4. The van der Waals surface area contributed by atoms with Crippen LogP contribution in [-0.4, -0.2) is 46.5 Å². The van der Waals surface area contributed by atoms with Crippen molar-refractivity contribution in [1.82, 2.24) is 14.9 Å². The second kappa shape index (κ2) is 6.39. The lowest BCUT2D eigenvalue weighted by Crippen LogP contribution is -2.39. The van der Waals surface area contributed by atoms with Gasteiger partial charge >= 0.3 is 0 Å². The molecule has 0 aromatic carbocycles. The van der Waals surface area contributed by atoms with Crippen LogP contribution in [0.3, 0.4) is 0 Å². The van der Waals surface area contributed by atoms with Crippen molar-refractivity contribution in [2.75, 3.05) is 24.5 Å². The molecule has 1 aromatic rings. The lowest BCUT2D eigenvalue weighted by molar-refractivity contribution is -0.122. The standard InChI is InChI=1S/C15H23N5O/c16-14(21)13-5-4-8-20(13)11-12-9-17-15(18-10-12)19-6-2-1-3-7-19/h9-10,13H,1-8,11H2,(H2,16,21)/t13-/m1/s1. The number of nitrogens with zero attached hydrogens (tertiary/aromatic N) is 4. The molecular formula is C15H23N5O. The van der Waals surface area contributed by atoms with Crippen molar-refractivity contribution >= 4 is 11.9 Å². The number of amides is 1. The quantitative estimate of drug-likeness (QED) is 0.892. The molecule has 0 bridgehead atoms. The maximum absolute atomic E-state index is 11.4. The summed E-state index contributed by atoms with van der Waals surface area (Å²) in [6.45, 7) is 3.72. The van der Waals surface area contributed by atoms with E-state index in [1.165, 1.54) is 19.3 Å². The number of piperidine rings is 1. The number of likely N-dealkylation sites (tertiary alicyclic amines) is 1. The Kier molecular flexibility index (Phi) is 4.34. The Morgan fingerprint density at radius 3 is 2.52 bits per heavy atom. The first-order valence-corrected chi connectivity index (χ1v) is 7.83. The van der Waals surface area contributed by atoms with Gasteiger partial charge in [-0.1, -0.05) is 0 Å². The first kappa shape index (κ1) is 14.3. The molecule has 0 unspecified atom stereocenters. The minimum absolute atomic E-state index is 0.133. The fraction of sp³-hybridized carbons (Fsp3) is 0.667. The van der Waals surface area contributed by atoms with E-state index in [-0.39, 0.29) is 11.9 Å². The van der Waals surface area contributed by atoms with Crippen LogP contribution in [0.5, 0.6) is 0 Å². The van der Waals surface area contributed by atoms with Crippen LogP contribution in [0.25, 0.3) is 0 Å². The fourth-order valence-corrected chi connectivity index (χ4v) is 3.26. The summed E-state index contributed by atoms with van der Waals surface area (Å²) in [6, 6.07) is -0.133. The van der Waals surface area contributed by atoms with Gasteiger partial charge in [0.2, 0.25) is 11.9 Å². The van der Waals surface area contributed by atoms with Crippen LogP contribution < -0.4 is 10.6 Å². The van der Waals surface area contributed by atoms with E-state index in [2.05, 4.69) is 19.8 Å². The van der Waals surface area contributed by atoms with E-state index in [1.807, 2.05) is 12.4 Å². The molecule has 2 aliphatic heterocycles. The maximum Gasteiger partial charge on any atom is 0.234 e. The molecule has 2 saturated heterocycles. The zero-order chi connectivity index (χ0) is 14.7. The third-order valence-corrected chi connectivity index (χ3v) is 4.41. The summed E-state index contributed by atoms with van der Waals surface area (Å²) in [5.41, 5.74) is 6.49. The molecule has 6 nitrogen and oxygen atoms in total. The highest BCUT2D eigenvalue weighted by atomic mass is 16.1. The van der Waals surface area contributed by atoms with E-state index in [4.69, 9.17) is 5.73 Å². The number of anilines is 1. The highest BCUT2D eigenvalue weighted by molar-refractivity contribution is 5.80. The molecule has 1 amide bonds. The Bertz CT molecular complexity index is 483. The van der Waals surface area contributed by atoms with Crippen LogP contribution >= 0.6 is 0 Å². The number of nitrogens with two attached hydrogens (primary N) is 1. The molecule has 0 aliphatic carbocycles. The van der Waals surface area contributed by atoms with Crippen molar-refractivity contribution < 1.29 is 4.79 Å². The van der Waals surface area contributed by atoms with Crippen LogP contribution in [0.15, 0.2) is 12.4 Å². The van der Waals surface area contributed by atoms with Gasteiger partial charge in [0.25, 0.3) is 0 Å². The Morgan fingerprint density at radius 2 is 1.86 bits per heavy atom. The summed E-state index contributed by atoms with van der Waals surface area (Å²) >= 11 is 0. The van der Waals surface area contributed by atoms with Crippen LogP contribution in [0.2, 0.25) is 0 Å². The maximum atomic E-state index is 11.4. The number of hydrogen-bond acceptors (Lipinski definition) is 5. The van der Waals surface area contributed by atoms with Crippen LogP contribution in [-0.2, 0) is 11.3 Å². The average molecular weight is 289 g/mol. The number of carbonyl (C=O) groups is 1. The summed E-state index contributed by atoms with van der Waals surface area (Å²) in [4.78, 5) is 24.7. The molecule has 2 aliphatic rings. The molecule has 1 atom stereocenters. The topological polar surface area (TPSA) is 75.4 Å². The smallest absolute Gasteiger partial charge is 0.234 e. The zero-order valence-electron chi connectivity index (χ0n) is 12.4. The van der Waals surface area contributed by atoms with E-state index in [0.717, 1.165) is 44.0 Å². The minimum Gasteiger partial charge on any atom is -0.368 e. The Labute approximate surface area is 125 Å². The van der Waals surface area contributed by atoms with Crippen molar-refractivity contribution in [3.05, 3.63) is 18.0 Å². The summed E-state index contributed by atoms with van der Waals surface area (Å²) in [5, 5.41) is 0. The monoisotopic (exact) mass is 289 g/mol. The minimum atomic E-state index is -0.224. The van der Waals surface area contributed by atoms with Gasteiger partial charge in [0.15, 0.2) is 0 Å². The molecule has 6 heteroatoms. The predicted octanol–water partition coefficient (Wildman–Crippen LogP) is 0.917. The molecule has 1 aromatic heterocycles. The first-order chi connectivity index (χ1) is 10.2. The van der Waals surface area contributed by atoms with Gasteiger partial charge in [-0.05, 0) is 38.6 Å². The molecule has 21 heavy (non-hydrogen) atoms. The van der Waals surface area contributed by atoms with Crippen molar-refractivity contribution in [1.29, 1.82) is 0 Å². The largest absolute Gasteiger partial charge is 0.368 e. The van der Waals surface area contributed by atoms with E-state index in [9.17, 15) is 4.79 Å². The number of aromatic nitrogens is 2. The van der Waals surface area contributed by atoms with E-state index >= 15 is 0 Å². The van der Waals surface area contributed by atoms with Gasteiger partial charge in [-0.3, -0.25) is 9.69 Å². The van der Waals surface area contributed by atoms with Gasteiger partial charge in [0.1, 0.15) is 0 Å². The van der Waals surface area contributed by atoms with Gasteiger partial charge < -0.3 is 10.6 Å². The molecule has 2 fully saturated rings. The Balaban J connectivity index is 1.62. The van der Waals surface area contributed by atoms with Gasteiger partial charge in [-0.25, -0.2) is 9.97 Å². The summed E-state index contributed by atoms with van der Waals surface area (Å²) < 4.78 is 0. The summed E-state index contributed by atoms with van der Waals surface area (Å²) in [7, 11) is 0. The lowest BCUT2D eigenvalue weighted by atomic mass is 10.1. The van der Waals surface area contributed by atoms with Crippen LogP contribution in [0.1, 0.15) is 37.7 Å². The van der Waals surface area contributed by atoms with Crippen molar-refractivity contribution in [2.45, 2.75) is 44.7 Å². The predicted molar refractivity (Wildman–Crippen MR) is 80.7 cm³/mol. The second-order valence-corrected chi connectivity index (χ2v) is 5.97. The Morgan fingerprint density at radius 1 is 1.14 bits per heavy atom. The van der Waals surface area contributed by atoms with Crippen molar-refractivity contribution in [3.63, 3.8) is 0 Å². The molecule has 0 spiro atoms. The molecule has 3 rings (SSSR count). The molecule has 0 radical (unpaired) electrons. The number of hydrogen-bond donors (Lipinski definition) is 1. The molecule has 2 N–H and O–H groups in total. The SMILES string of the molecule is NC(=O)[C@H]1CCCN1Cc1cnc(N2CCCCC2)nc1. The van der Waals surface area contributed by atoms with Gasteiger partial charge in [-0.2, -0.15) is 0 Å². The van der Waals surface area contributed by atoms with Crippen LogP contribution in [0.4, 0.5) is 5.95 Å². The summed E-state index contributed by atoms with van der Waals surface area (Å²) in [5.74, 6) is 0.602. The highest BCUT2D eigenvalue weighted by Gasteiger charge is 2.28. The summed E-state index contributed by atoms with van der Waals surface area (Å²) in [6.07, 6.45) is 9.40. The first-order valence-electron chi connectivity index (χ1n) is 7.83. The average Bonchev–Trinajstić information content (AvgIpc) is 2.97. The molecule has 114 valence electrons. The second-order valence-electron chi connectivity index (χ2n) is 5.97. The van der Waals surface area contributed by atoms with E-state index in [1.54, 1.807) is 0 Å². The lowest BCUT2D eigenvalue weighted by Gasteiger charge is -2.26. The number of primary amides is 1. The van der Waals surface area contributed by atoms with Gasteiger partial charge in [0.05, 0.1) is 6.04 Å². The fourth-order valence-electron chi connectivity index (χ4n) is 3.26. The number of rotatable bonds is 4. The third kappa shape index (κ3) is 3.32.